The zero-order valence-corrected chi connectivity index (χ0v) is 6.80. The quantitative estimate of drug-likeness (QED) is 0.208. The van der Waals surface area contributed by atoms with Gasteiger partial charge in [-0.25, -0.2) is 9.59 Å². The molecule has 0 unspecified atom stereocenters. The van der Waals surface area contributed by atoms with Crippen molar-refractivity contribution in [2.45, 2.75) is 13.8 Å². The Balaban J connectivity index is 0. The van der Waals surface area contributed by atoms with E-state index in [1.54, 1.807) is 6.92 Å². The monoisotopic (exact) mass is 176 g/mol. The predicted octanol–water partition coefficient (Wildman–Crippen LogP) is 0.617. The molecule has 0 radical (unpaired) electrons. The zero-order chi connectivity index (χ0) is 9.98. The molecule has 0 fully saturated rings. The molecule has 0 aliphatic rings. The van der Waals surface area contributed by atoms with E-state index in [0.29, 0.717) is 0 Å². The topological polar surface area (TPSA) is 52.6 Å². The number of carbonyl (C=O) groups excluding carboxylic acids is 2. The second kappa shape index (κ2) is 9.59. The fourth-order valence-electron chi connectivity index (χ4n) is 0.145. The van der Waals surface area contributed by atoms with E-state index >= 15 is 0 Å². The van der Waals surface area contributed by atoms with E-state index in [9.17, 15) is 14.0 Å². The second-order valence-corrected chi connectivity index (χ2v) is 1.34. The molecule has 0 heterocycles. The third-order valence-corrected chi connectivity index (χ3v) is 0.413. The Hall–Kier alpha value is -1.41. The SMILES string of the molecule is C#CC.CCOOC(=O)C(=O)F. The van der Waals surface area contributed by atoms with Gasteiger partial charge in [0.1, 0.15) is 0 Å². The number of rotatable bonds is 3. The normalized spacial score (nSPS) is 7.17. The number of carbonyl (C=O) groups is 2. The van der Waals surface area contributed by atoms with Crippen LogP contribution < -0.4 is 0 Å². The summed E-state index contributed by atoms with van der Waals surface area (Å²) in [4.78, 5) is 26.8. The molecule has 0 aromatic rings. The minimum absolute atomic E-state index is 0.0824. The highest BCUT2D eigenvalue weighted by Gasteiger charge is 2.14. The zero-order valence-electron chi connectivity index (χ0n) is 6.80. The molecule has 0 atom stereocenters. The first-order valence-corrected chi connectivity index (χ1v) is 3.00. The third kappa shape index (κ3) is 11.4. The Kier molecular flexibility index (Phi) is 10.5. The highest BCUT2D eigenvalue weighted by atomic mass is 19.1. The lowest BCUT2D eigenvalue weighted by molar-refractivity contribution is -0.268. The summed E-state index contributed by atoms with van der Waals surface area (Å²) in [6.07, 6.45) is 4.60. The van der Waals surface area contributed by atoms with Crippen molar-refractivity contribution in [2.75, 3.05) is 6.61 Å². The number of terminal acetylenes is 1. The van der Waals surface area contributed by atoms with E-state index in [1.807, 2.05) is 0 Å². The number of hydrogen-bond donors (Lipinski definition) is 0. The lowest BCUT2D eigenvalue weighted by atomic mass is 10.8. The molecule has 0 aliphatic heterocycles. The van der Waals surface area contributed by atoms with Gasteiger partial charge in [-0.15, -0.1) is 12.3 Å². The first-order valence-electron chi connectivity index (χ1n) is 3.00. The summed E-state index contributed by atoms with van der Waals surface area (Å²) < 4.78 is 11.2. The highest BCUT2D eigenvalue weighted by Crippen LogP contribution is 1.82. The van der Waals surface area contributed by atoms with E-state index in [2.05, 4.69) is 22.1 Å². The maximum absolute atomic E-state index is 11.2. The molecular weight excluding hydrogens is 167 g/mol. The average molecular weight is 176 g/mol. The Morgan fingerprint density at radius 1 is 1.58 bits per heavy atom. The second-order valence-electron chi connectivity index (χ2n) is 1.34. The van der Waals surface area contributed by atoms with Gasteiger partial charge in [0.05, 0.1) is 6.61 Å². The van der Waals surface area contributed by atoms with Crippen LogP contribution in [0.25, 0.3) is 0 Å². The van der Waals surface area contributed by atoms with Crippen LogP contribution in [0.3, 0.4) is 0 Å². The first-order chi connectivity index (χ1) is 5.59. The van der Waals surface area contributed by atoms with E-state index in [4.69, 9.17) is 0 Å². The molecule has 0 aromatic heterocycles. The van der Waals surface area contributed by atoms with Gasteiger partial charge in [0.2, 0.25) is 0 Å². The molecule has 0 aliphatic carbocycles. The van der Waals surface area contributed by atoms with Gasteiger partial charge in [-0.2, -0.15) is 9.28 Å². The van der Waals surface area contributed by atoms with Gasteiger partial charge in [-0.1, -0.05) is 0 Å². The van der Waals surface area contributed by atoms with Gasteiger partial charge in [0.25, 0.3) is 0 Å². The minimum Gasteiger partial charge on any atom is -0.286 e. The smallest absolute Gasteiger partial charge is 0.286 e. The van der Waals surface area contributed by atoms with Crippen LogP contribution in [0.5, 0.6) is 0 Å². The molecule has 0 rings (SSSR count). The molecule has 0 N–H and O–H groups in total. The summed E-state index contributed by atoms with van der Waals surface area (Å²) in [6.45, 7) is 3.26. The lowest BCUT2D eigenvalue weighted by Gasteiger charge is -1.93. The molecular formula is C7H9FO4. The Morgan fingerprint density at radius 3 is 2.25 bits per heavy atom. The molecule has 4 nitrogen and oxygen atoms in total. The van der Waals surface area contributed by atoms with Crippen molar-refractivity contribution in [1.82, 2.24) is 0 Å². The van der Waals surface area contributed by atoms with Crippen molar-refractivity contribution >= 4 is 12.0 Å². The van der Waals surface area contributed by atoms with Crippen molar-refractivity contribution in [3.63, 3.8) is 0 Å². The summed E-state index contributed by atoms with van der Waals surface area (Å²) in [5.41, 5.74) is 0. The largest absolute Gasteiger partial charge is 0.442 e. The van der Waals surface area contributed by atoms with Gasteiger partial charge in [0.15, 0.2) is 0 Å². The fourth-order valence-corrected chi connectivity index (χ4v) is 0.145. The Bertz CT molecular complexity index is 182. The summed E-state index contributed by atoms with van der Waals surface area (Å²) in [7, 11) is 0. The fraction of sp³-hybridized carbons (Fsp3) is 0.429. The maximum atomic E-state index is 11.2. The van der Waals surface area contributed by atoms with Crippen molar-refractivity contribution in [2.24, 2.45) is 0 Å². The third-order valence-electron chi connectivity index (χ3n) is 0.413. The maximum Gasteiger partial charge on any atom is 0.442 e. The summed E-state index contributed by atoms with van der Waals surface area (Å²) in [5, 5.41) is 0. The van der Waals surface area contributed by atoms with E-state index in [-0.39, 0.29) is 6.61 Å². The molecule has 0 saturated heterocycles. The van der Waals surface area contributed by atoms with Crippen LogP contribution in [-0.2, 0) is 19.4 Å². The predicted molar refractivity (Wildman–Crippen MR) is 38.3 cm³/mol. The Morgan fingerprint density at radius 2 is 2.00 bits per heavy atom. The van der Waals surface area contributed by atoms with Crippen molar-refractivity contribution in [1.29, 1.82) is 0 Å². The van der Waals surface area contributed by atoms with Crippen LogP contribution in [0.2, 0.25) is 0 Å². The van der Waals surface area contributed by atoms with Crippen LogP contribution in [0, 0.1) is 12.3 Å². The summed E-state index contributed by atoms with van der Waals surface area (Å²) in [5.74, 6) is 0.622. The molecule has 12 heavy (non-hydrogen) atoms. The van der Waals surface area contributed by atoms with Gasteiger partial charge >= 0.3 is 12.0 Å². The van der Waals surface area contributed by atoms with Crippen molar-refractivity contribution in [3.8, 4) is 12.3 Å². The van der Waals surface area contributed by atoms with Crippen LogP contribution >= 0.6 is 0 Å². The average Bonchev–Trinajstić information content (AvgIpc) is 2.01. The molecule has 0 saturated carbocycles. The minimum atomic E-state index is -2.16. The van der Waals surface area contributed by atoms with Gasteiger partial charge < -0.3 is 0 Å². The molecule has 0 bridgehead atoms. The van der Waals surface area contributed by atoms with E-state index in [1.165, 1.54) is 6.92 Å². The molecule has 68 valence electrons. The summed E-state index contributed by atoms with van der Waals surface area (Å²) >= 11 is 0. The number of halogens is 1. The molecule has 0 amide bonds. The van der Waals surface area contributed by atoms with E-state index < -0.39 is 12.0 Å². The number of hydrogen-bond acceptors (Lipinski definition) is 4. The standard InChI is InChI=1S/C4H5FO4.C3H4/c1-2-8-9-4(7)3(5)6;1-3-2/h2H2,1H3;1H,2H3. The molecule has 0 spiro atoms. The van der Waals surface area contributed by atoms with Crippen LogP contribution in [0.1, 0.15) is 13.8 Å². The molecule has 5 heteroatoms. The van der Waals surface area contributed by atoms with Crippen LogP contribution in [0.4, 0.5) is 4.39 Å². The van der Waals surface area contributed by atoms with Crippen LogP contribution in [-0.4, -0.2) is 18.6 Å². The van der Waals surface area contributed by atoms with Gasteiger partial charge in [0, 0.05) is 0 Å². The highest BCUT2D eigenvalue weighted by molar-refractivity contribution is 6.28. The van der Waals surface area contributed by atoms with Crippen LogP contribution in [0.15, 0.2) is 0 Å². The Labute approximate surface area is 69.6 Å². The van der Waals surface area contributed by atoms with Crippen molar-refractivity contribution < 1.29 is 23.8 Å². The lowest BCUT2D eigenvalue weighted by Crippen LogP contribution is -2.12. The van der Waals surface area contributed by atoms with Gasteiger partial charge in [-0.3, -0.25) is 4.89 Å². The summed E-state index contributed by atoms with van der Waals surface area (Å²) in [6, 6.07) is -2.16. The van der Waals surface area contributed by atoms with Gasteiger partial charge in [-0.05, 0) is 13.8 Å². The van der Waals surface area contributed by atoms with E-state index in [0.717, 1.165) is 0 Å². The molecule has 0 aromatic carbocycles. The first kappa shape index (κ1) is 13.2. The van der Waals surface area contributed by atoms with Crippen molar-refractivity contribution in [3.05, 3.63) is 0 Å².